The normalized spacial score (nSPS) is 17.0. The zero-order valence-corrected chi connectivity index (χ0v) is 14.6. The Kier molecular flexibility index (Phi) is 3.57. The van der Waals surface area contributed by atoms with Crippen molar-refractivity contribution in [2.45, 2.75) is 18.9 Å². The molecule has 6 heteroatoms. The molecule has 0 spiro atoms. The van der Waals surface area contributed by atoms with E-state index in [1.807, 2.05) is 36.4 Å². The number of nitrogens with one attached hydrogen (secondary N) is 2. The standard InChI is InChI=1S/C21H18N4O2/c26-19-13-6-1-2-7-15(13)22-12-14(19)21(27)25-11-5-10-18(25)20-23-16-8-3-4-9-17(16)24-20/h1-4,6-9,12,18H,5,10-11H2,(H,22,26)(H,23,24)/t18-/m0/s1. The minimum Gasteiger partial charge on any atom is -0.360 e. The lowest BCUT2D eigenvalue weighted by atomic mass is 10.1. The third kappa shape index (κ3) is 2.52. The van der Waals surface area contributed by atoms with Gasteiger partial charge in [-0.2, -0.15) is 0 Å². The van der Waals surface area contributed by atoms with Crippen molar-refractivity contribution in [2.75, 3.05) is 6.54 Å². The van der Waals surface area contributed by atoms with Gasteiger partial charge in [0.15, 0.2) is 0 Å². The van der Waals surface area contributed by atoms with Crippen LogP contribution in [-0.2, 0) is 0 Å². The minimum atomic E-state index is -0.245. The summed E-state index contributed by atoms with van der Waals surface area (Å²) in [5.41, 5.74) is 2.52. The van der Waals surface area contributed by atoms with Crippen molar-refractivity contribution in [3.63, 3.8) is 0 Å². The molecule has 0 saturated carbocycles. The molecule has 1 atom stereocenters. The molecule has 6 nitrogen and oxygen atoms in total. The Morgan fingerprint density at radius 1 is 1.07 bits per heavy atom. The number of hydrogen-bond acceptors (Lipinski definition) is 3. The van der Waals surface area contributed by atoms with E-state index in [9.17, 15) is 9.59 Å². The summed E-state index contributed by atoms with van der Waals surface area (Å²) >= 11 is 0. The van der Waals surface area contributed by atoms with Crippen LogP contribution in [0.4, 0.5) is 0 Å². The van der Waals surface area contributed by atoms with E-state index in [-0.39, 0.29) is 22.9 Å². The quantitative estimate of drug-likeness (QED) is 0.576. The molecule has 1 amide bonds. The average molecular weight is 358 g/mol. The number of pyridine rings is 1. The molecule has 27 heavy (non-hydrogen) atoms. The number of likely N-dealkylation sites (tertiary alicyclic amines) is 1. The number of aromatic nitrogens is 3. The second-order valence-electron chi connectivity index (χ2n) is 6.87. The second kappa shape index (κ2) is 6.09. The van der Waals surface area contributed by atoms with Crippen LogP contribution in [0.1, 0.15) is 35.1 Å². The fourth-order valence-corrected chi connectivity index (χ4v) is 3.91. The zero-order valence-electron chi connectivity index (χ0n) is 14.6. The maximum absolute atomic E-state index is 13.2. The zero-order chi connectivity index (χ0) is 18.4. The highest BCUT2D eigenvalue weighted by Gasteiger charge is 2.33. The van der Waals surface area contributed by atoms with Gasteiger partial charge in [0, 0.05) is 23.6 Å². The van der Waals surface area contributed by atoms with Gasteiger partial charge < -0.3 is 14.9 Å². The van der Waals surface area contributed by atoms with Crippen molar-refractivity contribution >= 4 is 27.8 Å². The van der Waals surface area contributed by atoms with Gasteiger partial charge in [0.05, 0.1) is 17.1 Å². The van der Waals surface area contributed by atoms with E-state index in [1.54, 1.807) is 17.0 Å². The van der Waals surface area contributed by atoms with Gasteiger partial charge in [-0.25, -0.2) is 4.98 Å². The third-order valence-electron chi connectivity index (χ3n) is 5.26. The SMILES string of the molecule is O=C(c1c[nH]c2ccccc2c1=O)N1CCC[C@H]1c1nc2ccccc2[nH]1. The van der Waals surface area contributed by atoms with E-state index in [0.29, 0.717) is 11.9 Å². The Bertz CT molecular complexity index is 1190. The smallest absolute Gasteiger partial charge is 0.259 e. The summed E-state index contributed by atoms with van der Waals surface area (Å²) in [5, 5.41) is 0.530. The van der Waals surface area contributed by atoms with Crippen LogP contribution in [0.2, 0.25) is 0 Å². The number of amides is 1. The number of aromatic amines is 2. The lowest BCUT2D eigenvalue weighted by molar-refractivity contribution is 0.0729. The van der Waals surface area contributed by atoms with Crippen molar-refractivity contribution in [3.05, 3.63) is 76.3 Å². The molecule has 5 rings (SSSR count). The number of nitrogens with zero attached hydrogens (tertiary/aromatic N) is 2. The topological polar surface area (TPSA) is 81.8 Å². The first-order chi connectivity index (χ1) is 13.2. The molecule has 4 aromatic rings. The molecule has 0 bridgehead atoms. The van der Waals surface area contributed by atoms with Crippen LogP contribution in [0.15, 0.2) is 59.5 Å². The third-order valence-corrected chi connectivity index (χ3v) is 5.26. The predicted octanol–water partition coefficient (Wildman–Crippen LogP) is 3.38. The first-order valence-electron chi connectivity index (χ1n) is 9.08. The van der Waals surface area contributed by atoms with Gasteiger partial charge in [-0.15, -0.1) is 0 Å². The number of carbonyl (C=O) groups is 1. The fraction of sp³-hybridized carbons (Fsp3) is 0.190. The van der Waals surface area contributed by atoms with Gasteiger partial charge in [-0.1, -0.05) is 24.3 Å². The van der Waals surface area contributed by atoms with Crippen molar-refractivity contribution in [3.8, 4) is 0 Å². The molecule has 3 heterocycles. The monoisotopic (exact) mass is 358 g/mol. The number of para-hydroxylation sites is 3. The van der Waals surface area contributed by atoms with Gasteiger partial charge in [0.25, 0.3) is 5.91 Å². The molecule has 1 saturated heterocycles. The van der Waals surface area contributed by atoms with Gasteiger partial charge >= 0.3 is 0 Å². The Morgan fingerprint density at radius 2 is 1.85 bits per heavy atom. The first-order valence-corrected chi connectivity index (χ1v) is 9.08. The number of benzene rings is 2. The Labute approximate surface area is 154 Å². The molecular formula is C21H18N4O2. The van der Waals surface area contributed by atoms with E-state index in [2.05, 4.69) is 15.0 Å². The van der Waals surface area contributed by atoms with Gasteiger partial charge in [-0.3, -0.25) is 9.59 Å². The number of hydrogen-bond donors (Lipinski definition) is 2. The number of rotatable bonds is 2. The molecule has 2 aromatic carbocycles. The van der Waals surface area contributed by atoms with Gasteiger partial charge in [0.1, 0.15) is 11.4 Å². The van der Waals surface area contributed by atoms with Crippen molar-refractivity contribution in [1.29, 1.82) is 0 Å². The van der Waals surface area contributed by atoms with Crippen LogP contribution in [0.25, 0.3) is 21.9 Å². The molecule has 0 aliphatic carbocycles. The van der Waals surface area contributed by atoms with Gasteiger partial charge in [-0.05, 0) is 37.1 Å². The molecule has 2 aromatic heterocycles. The Balaban J connectivity index is 1.54. The van der Waals surface area contributed by atoms with E-state index in [0.717, 1.165) is 35.2 Å². The lowest BCUT2D eigenvalue weighted by Gasteiger charge is -2.23. The number of fused-ring (bicyclic) bond motifs is 2. The van der Waals surface area contributed by atoms with Crippen molar-refractivity contribution in [2.24, 2.45) is 0 Å². The molecule has 134 valence electrons. The summed E-state index contributed by atoms with van der Waals surface area (Å²) in [5.74, 6) is 0.532. The molecule has 2 N–H and O–H groups in total. The molecular weight excluding hydrogens is 340 g/mol. The molecule has 0 unspecified atom stereocenters. The number of carbonyl (C=O) groups excluding carboxylic acids is 1. The van der Waals surface area contributed by atoms with Crippen LogP contribution in [0.5, 0.6) is 0 Å². The highest BCUT2D eigenvalue weighted by atomic mass is 16.2. The maximum Gasteiger partial charge on any atom is 0.259 e. The van der Waals surface area contributed by atoms with Crippen LogP contribution < -0.4 is 5.43 Å². The van der Waals surface area contributed by atoms with Crippen LogP contribution in [-0.4, -0.2) is 32.3 Å². The summed E-state index contributed by atoms with van der Waals surface area (Å²) in [6, 6.07) is 14.9. The summed E-state index contributed by atoms with van der Waals surface area (Å²) in [6.45, 7) is 0.618. The number of imidazole rings is 1. The van der Waals surface area contributed by atoms with Crippen molar-refractivity contribution in [1.82, 2.24) is 19.9 Å². The second-order valence-corrected chi connectivity index (χ2v) is 6.87. The molecule has 1 fully saturated rings. The Hall–Kier alpha value is -3.41. The van der Waals surface area contributed by atoms with Gasteiger partial charge in [0.2, 0.25) is 5.43 Å². The average Bonchev–Trinajstić information content (AvgIpc) is 3.34. The van der Waals surface area contributed by atoms with E-state index < -0.39 is 0 Å². The predicted molar refractivity (Wildman–Crippen MR) is 104 cm³/mol. The minimum absolute atomic E-state index is 0.143. The van der Waals surface area contributed by atoms with E-state index in [1.165, 1.54) is 6.20 Å². The summed E-state index contributed by atoms with van der Waals surface area (Å²) in [7, 11) is 0. The van der Waals surface area contributed by atoms with Crippen LogP contribution in [0, 0.1) is 0 Å². The first kappa shape index (κ1) is 15.8. The molecule has 0 radical (unpaired) electrons. The fourth-order valence-electron chi connectivity index (χ4n) is 3.91. The van der Waals surface area contributed by atoms with E-state index in [4.69, 9.17) is 0 Å². The van der Waals surface area contributed by atoms with E-state index >= 15 is 0 Å². The summed E-state index contributed by atoms with van der Waals surface area (Å²) in [6.07, 6.45) is 3.25. The largest absolute Gasteiger partial charge is 0.360 e. The van der Waals surface area contributed by atoms with Crippen LogP contribution in [0.3, 0.4) is 0 Å². The number of H-pyrrole nitrogens is 2. The lowest BCUT2D eigenvalue weighted by Crippen LogP contribution is -2.34. The molecule has 1 aliphatic rings. The highest BCUT2D eigenvalue weighted by Crippen LogP contribution is 2.32. The molecule has 1 aliphatic heterocycles. The Morgan fingerprint density at radius 3 is 2.70 bits per heavy atom. The van der Waals surface area contributed by atoms with Crippen LogP contribution >= 0.6 is 0 Å². The maximum atomic E-state index is 13.2. The van der Waals surface area contributed by atoms with Crippen molar-refractivity contribution < 1.29 is 4.79 Å². The summed E-state index contributed by atoms with van der Waals surface area (Å²) in [4.78, 5) is 38.8. The summed E-state index contributed by atoms with van der Waals surface area (Å²) < 4.78 is 0. The highest BCUT2D eigenvalue weighted by molar-refractivity contribution is 5.97.